The maximum absolute atomic E-state index is 11.6. The lowest BCUT2D eigenvalue weighted by Crippen LogP contribution is -2.34. The number of aryl methyl sites for hydroxylation is 1. The lowest BCUT2D eigenvalue weighted by atomic mass is 10.0. The monoisotopic (exact) mass is 277 g/mol. The second-order valence-electron chi connectivity index (χ2n) is 5.03. The Morgan fingerprint density at radius 2 is 1.80 bits per heavy atom. The molecule has 1 atom stereocenters. The van der Waals surface area contributed by atoms with E-state index in [4.69, 9.17) is 4.74 Å². The van der Waals surface area contributed by atoms with Gasteiger partial charge in [-0.15, -0.1) is 0 Å². The van der Waals surface area contributed by atoms with Crippen molar-refractivity contribution in [2.75, 3.05) is 13.2 Å². The molecular weight excluding hydrogens is 250 g/mol. The van der Waals surface area contributed by atoms with Crippen LogP contribution in [0.25, 0.3) is 0 Å². The van der Waals surface area contributed by atoms with E-state index in [2.05, 4.69) is 43.4 Å². The topological polar surface area (TPSA) is 38.3 Å². The number of hydrogen-bond acceptors (Lipinski definition) is 3. The average Bonchev–Trinajstić information content (AvgIpc) is 2.45. The quantitative estimate of drug-likeness (QED) is 0.705. The Hall–Kier alpha value is -1.35. The maximum atomic E-state index is 11.6. The van der Waals surface area contributed by atoms with E-state index in [1.54, 1.807) is 0 Å². The van der Waals surface area contributed by atoms with Crippen molar-refractivity contribution in [1.82, 2.24) is 5.32 Å². The van der Waals surface area contributed by atoms with Gasteiger partial charge in [-0.25, -0.2) is 0 Å². The predicted molar refractivity (Wildman–Crippen MR) is 82.9 cm³/mol. The van der Waals surface area contributed by atoms with Crippen LogP contribution in [0.1, 0.15) is 44.7 Å². The fourth-order valence-electron chi connectivity index (χ4n) is 2.18. The van der Waals surface area contributed by atoms with Crippen LogP contribution in [0.5, 0.6) is 0 Å². The molecule has 112 valence electrons. The molecule has 1 unspecified atom stereocenters. The van der Waals surface area contributed by atoms with E-state index >= 15 is 0 Å². The predicted octanol–water partition coefficient (Wildman–Crippen LogP) is 3.11. The normalized spacial score (nSPS) is 12.2. The fourth-order valence-corrected chi connectivity index (χ4v) is 2.18. The first-order valence-corrected chi connectivity index (χ1v) is 7.66. The van der Waals surface area contributed by atoms with Gasteiger partial charge in [0.15, 0.2) is 0 Å². The molecule has 0 radical (unpaired) electrons. The number of nitrogens with one attached hydrogen (secondary N) is 1. The molecule has 1 aromatic rings. The van der Waals surface area contributed by atoms with Crippen LogP contribution in [0.2, 0.25) is 0 Å². The molecule has 3 heteroatoms. The van der Waals surface area contributed by atoms with Crippen molar-refractivity contribution in [2.45, 2.75) is 52.5 Å². The van der Waals surface area contributed by atoms with Gasteiger partial charge in [-0.05, 0) is 43.9 Å². The van der Waals surface area contributed by atoms with Gasteiger partial charge in [0.2, 0.25) is 0 Å². The summed E-state index contributed by atoms with van der Waals surface area (Å²) in [5, 5.41) is 3.43. The second kappa shape index (κ2) is 9.54. The maximum Gasteiger partial charge on any atom is 0.307 e. The molecule has 0 saturated heterocycles. The first kappa shape index (κ1) is 16.7. The number of ether oxygens (including phenoxy) is 1. The van der Waals surface area contributed by atoms with Gasteiger partial charge in [-0.1, -0.05) is 38.1 Å². The average molecular weight is 277 g/mol. The Bertz CT molecular complexity index is 386. The summed E-state index contributed by atoms with van der Waals surface area (Å²) in [4.78, 5) is 11.6. The van der Waals surface area contributed by atoms with Gasteiger partial charge in [0.25, 0.3) is 0 Å². The number of rotatable bonds is 9. The number of benzene rings is 1. The van der Waals surface area contributed by atoms with Crippen LogP contribution < -0.4 is 5.32 Å². The van der Waals surface area contributed by atoms with Crippen LogP contribution in [-0.2, 0) is 22.4 Å². The molecule has 0 aliphatic rings. The zero-order valence-corrected chi connectivity index (χ0v) is 12.9. The molecular formula is C17H27NO2. The van der Waals surface area contributed by atoms with Crippen molar-refractivity contribution in [3.8, 4) is 0 Å². The number of carbonyl (C=O) groups excluding carboxylic acids is 1. The van der Waals surface area contributed by atoms with E-state index in [-0.39, 0.29) is 12.0 Å². The summed E-state index contributed by atoms with van der Waals surface area (Å²) in [5.41, 5.74) is 2.61. The van der Waals surface area contributed by atoms with E-state index < -0.39 is 0 Å². The first-order chi connectivity index (χ1) is 9.69. The van der Waals surface area contributed by atoms with Crippen LogP contribution in [0.4, 0.5) is 0 Å². The smallest absolute Gasteiger partial charge is 0.307 e. The van der Waals surface area contributed by atoms with Gasteiger partial charge in [0, 0.05) is 6.04 Å². The minimum Gasteiger partial charge on any atom is -0.466 e. The van der Waals surface area contributed by atoms with Gasteiger partial charge in [-0.3, -0.25) is 4.79 Å². The molecule has 0 amide bonds. The summed E-state index contributed by atoms with van der Waals surface area (Å²) in [5.74, 6) is -0.119. The molecule has 1 rings (SSSR count). The molecule has 0 saturated carbocycles. The molecule has 1 N–H and O–H groups in total. The van der Waals surface area contributed by atoms with Crippen molar-refractivity contribution in [2.24, 2.45) is 0 Å². The van der Waals surface area contributed by atoms with Crippen molar-refractivity contribution in [1.29, 1.82) is 0 Å². The van der Waals surface area contributed by atoms with E-state index in [0.29, 0.717) is 13.0 Å². The summed E-state index contributed by atoms with van der Waals surface area (Å²) >= 11 is 0. The third kappa shape index (κ3) is 6.20. The highest BCUT2D eigenvalue weighted by atomic mass is 16.5. The zero-order valence-electron chi connectivity index (χ0n) is 12.9. The third-order valence-electron chi connectivity index (χ3n) is 3.31. The van der Waals surface area contributed by atoms with Gasteiger partial charge in [-0.2, -0.15) is 0 Å². The SMILES string of the molecule is CCCNC(CC(=O)OCC)Cc1ccc(CC)cc1. The second-order valence-corrected chi connectivity index (χ2v) is 5.03. The molecule has 0 fully saturated rings. The molecule has 0 bridgehead atoms. The standard InChI is InChI=1S/C17H27NO2/c1-4-11-18-16(13-17(19)20-6-3)12-15-9-7-14(5-2)8-10-15/h7-10,16,18H,4-6,11-13H2,1-3H3. The van der Waals surface area contributed by atoms with E-state index in [1.165, 1.54) is 11.1 Å². The Balaban J connectivity index is 2.59. The first-order valence-electron chi connectivity index (χ1n) is 7.66. The number of hydrogen-bond donors (Lipinski definition) is 1. The van der Waals surface area contributed by atoms with Crippen molar-refractivity contribution in [3.05, 3.63) is 35.4 Å². The van der Waals surface area contributed by atoms with Gasteiger partial charge in [0.1, 0.15) is 0 Å². The van der Waals surface area contributed by atoms with E-state index in [9.17, 15) is 4.79 Å². The van der Waals surface area contributed by atoms with Crippen LogP contribution in [0.15, 0.2) is 24.3 Å². The zero-order chi connectivity index (χ0) is 14.8. The summed E-state index contributed by atoms with van der Waals surface area (Å²) in [6.45, 7) is 7.50. The van der Waals surface area contributed by atoms with Crippen LogP contribution in [0, 0.1) is 0 Å². The number of esters is 1. The van der Waals surface area contributed by atoms with Crippen molar-refractivity contribution >= 4 is 5.97 Å². The number of carbonyl (C=O) groups is 1. The Kier molecular flexibility index (Phi) is 7.97. The summed E-state index contributed by atoms with van der Waals surface area (Å²) in [7, 11) is 0. The molecule has 0 aromatic heterocycles. The highest BCUT2D eigenvalue weighted by molar-refractivity contribution is 5.70. The molecule has 0 aliphatic heterocycles. The minimum absolute atomic E-state index is 0.119. The summed E-state index contributed by atoms with van der Waals surface area (Å²) < 4.78 is 5.05. The summed E-state index contributed by atoms with van der Waals surface area (Å²) in [6, 6.07) is 8.80. The van der Waals surface area contributed by atoms with Gasteiger partial charge in [0.05, 0.1) is 13.0 Å². The molecule has 0 spiro atoms. The minimum atomic E-state index is -0.119. The van der Waals surface area contributed by atoms with E-state index in [1.807, 2.05) is 6.92 Å². The summed E-state index contributed by atoms with van der Waals surface area (Å²) in [6.07, 6.45) is 3.42. The Morgan fingerprint density at radius 1 is 1.15 bits per heavy atom. The van der Waals surface area contributed by atoms with Crippen LogP contribution >= 0.6 is 0 Å². The highest BCUT2D eigenvalue weighted by Crippen LogP contribution is 2.10. The molecule has 0 aliphatic carbocycles. The van der Waals surface area contributed by atoms with Gasteiger partial charge >= 0.3 is 5.97 Å². The largest absolute Gasteiger partial charge is 0.466 e. The van der Waals surface area contributed by atoms with Gasteiger partial charge < -0.3 is 10.1 Å². The molecule has 0 heterocycles. The highest BCUT2D eigenvalue weighted by Gasteiger charge is 2.14. The van der Waals surface area contributed by atoms with Crippen molar-refractivity contribution in [3.63, 3.8) is 0 Å². The third-order valence-corrected chi connectivity index (χ3v) is 3.31. The Labute approximate surface area is 122 Å². The lowest BCUT2D eigenvalue weighted by molar-refractivity contribution is -0.143. The fraction of sp³-hybridized carbons (Fsp3) is 0.588. The van der Waals surface area contributed by atoms with E-state index in [0.717, 1.165) is 25.8 Å². The molecule has 3 nitrogen and oxygen atoms in total. The Morgan fingerprint density at radius 3 is 2.35 bits per heavy atom. The molecule has 1 aromatic carbocycles. The lowest BCUT2D eigenvalue weighted by Gasteiger charge is -2.18. The van der Waals surface area contributed by atoms with Crippen LogP contribution in [0.3, 0.4) is 0 Å². The molecule has 20 heavy (non-hydrogen) atoms. The van der Waals surface area contributed by atoms with Crippen LogP contribution in [-0.4, -0.2) is 25.2 Å². The van der Waals surface area contributed by atoms with Crippen molar-refractivity contribution < 1.29 is 9.53 Å².